The van der Waals surface area contributed by atoms with E-state index in [9.17, 15) is 4.79 Å². The van der Waals surface area contributed by atoms with E-state index >= 15 is 0 Å². The van der Waals surface area contributed by atoms with Crippen molar-refractivity contribution in [2.45, 2.75) is 44.9 Å². The first-order valence-electron chi connectivity index (χ1n) is 5.43. The number of carbonyl (C=O) groups excluding carboxylic acids is 1. The Hall–Kier alpha value is -0.590. The Morgan fingerprint density at radius 2 is 1.69 bits per heavy atom. The van der Waals surface area contributed by atoms with Crippen LogP contribution in [-0.2, 0) is 4.79 Å². The molecular weight excluding hydrogens is 160 g/mol. The van der Waals surface area contributed by atoms with Crippen LogP contribution in [-0.4, -0.2) is 5.78 Å². The molecule has 70 valence electrons. The number of hydrogen-bond donors (Lipinski definition) is 0. The third-order valence-corrected chi connectivity index (χ3v) is 4.95. The fraction of sp³-hybridized carbons (Fsp3) is 0.750. The van der Waals surface area contributed by atoms with Crippen LogP contribution in [0, 0.1) is 10.8 Å². The van der Waals surface area contributed by atoms with Gasteiger partial charge < -0.3 is 0 Å². The molecule has 13 heavy (non-hydrogen) atoms. The van der Waals surface area contributed by atoms with Gasteiger partial charge in [0.25, 0.3) is 0 Å². The predicted molar refractivity (Wildman–Crippen MR) is 51.3 cm³/mol. The molecule has 3 aliphatic carbocycles. The minimum Gasteiger partial charge on any atom is -0.295 e. The van der Waals surface area contributed by atoms with E-state index in [0.717, 1.165) is 12.0 Å². The Labute approximate surface area is 79.2 Å². The van der Waals surface area contributed by atoms with Crippen molar-refractivity contribution in [2.24, 2.45) is 10.8 Å². The van der Waals surface area contributed by atoms with Crippen molar-refractivity contribution in [1.29, 1.82) is 0 Å². The summed E-state index contributed by atoms with van der Waals surface area (Å²) in [6, 6.07) is 0. The zero-order chi connectivity index (χ0) is 9.10. The van der Waals surface area contributed by atoms with Crippen LogP contribution >= 0.6 is 0 Å². The number of Topliss-reactive ketones (excluding diaryl/α,β-unsaturated/α-hetero) is 1. The normalized spacial score (nSPS) is 48.3. The highest BCUT2D eigenvalue weighted by molar-refractivity contribution is 6.00. The summed E-state index contributed by atoms with van der Waals surface area (Å²) < 4.78 is 0. The third-order valence-electron chi connectivity index (χ3n) is 4.95. The second-order valence-corrected chi connectivity index (χ2v) is 5.15. The van der Waals surface area contributed by atoms with Crippen LogP contribution < -0.4 is 0 Å². The fourth-order valence-corrected chi connectivity index (χ4v) is 4.36. The average molecular weight is 176 g/mol. The summed E-state index contributed by atoms with van der Waals surface area (Å²) >= 11 is 0. The van der Waals surface area contributed by atoms with E-state index in [4.69, 9.17) is 0 Å². The Kier molecular flexibility index (Phi) is 1.24. The van der Waals surface area contributed by atoms with Crippen molar-refractivity contribution in [3.05, 3.63) is 12.2 Å². The van der Waals surface area contributed by atoms with Gasteiger partial charge in [-0.3, -0.25) is 4.79 Å². The number of allylic oxidation sites excluding steroid dienone is 1. The molecule has 0 heterocycles. The molecule has 0 N–H and O–H groups in total. The van der Waals surface area contributed by atoms with Gasteiger partial charge in [0.1, 0.15) is 0 Å². The van der Waals surface area contributed by atoms with Crippen LogP contribution in [0.4, 0.5) is 0 Å². The predicted octanol–water partition coefficient (Wildman–Crippen LogP) is 2.86. The molecule has 0 radical (unpaired) electrons. The van der Waals surface area contributed by atoms with Gasteiger partial charge in [0, 0.05) is 11.8 Å². The van der Waals surface area contributed by atoms with Crippen LogP contribution in [0.2, 0.25) is 0 Å². The largest absolute Gasteiger partial charge is 0.295 e. The topological polar surface area (TPSA) is 17.1 Å². The number of hydrogen-bond acceptors (Lipinski definition) is 1. The Balaban J connectivity index is 2.16. The van der Waals surface area contributed by atoms with Gasteiger partial charge in [-0.05, 0) is 36.7 Å². The molecule has 0 spiro atoms. The van der Waals surface area contributed by atoms with E-state index in [0.29, 0.717) is 11.2 Å². The third kappa shape index (κ3) is 0.651. The van der Waals surface area contributed by atoms with Crippen molar-refractivity contribution in [3.8, 4) is 0 Å². The fourth-order valence-electron chi connectivity index (χ4n) is 4.36. The number of ketones is 1. The van der Waals surface area contributed by atoms with E-state index in [1.165, 1.54) is 38.5 Å². The molecule has 0 aromatic rings. The van der Waals surface area contributed by atoms with Crippen molar-refractivity contribution >= 4 is 5.78 Å². The molecule has 0 unspecified atom stereocenters. The molecule has 1 heteroatoms. The lowest BCUT2D eigenvalue weighted by molar-refractivity contribution is -0.115. The zero-order valence-corrected chi connectivity index (χ0v) is 8.07. The SMILES string of the molecule is C=C1C(=O)CC23CCCC12CCC3. The smallest absolute Gasteiger partial charge is 0.159 e. The van der Waals surface area contributed by atoms with Gasteiger partial charge in [-0.1, -0.05) is 19.4 Å². The molecule has 0 amide bonds. The van der Waals surface area contributed by atoms with E-state index in [1.807, 2.05) is 0 Å². The standard InChI is InChI=1S/C12H16O/c1-9-10(13)8-11-4-2-6-12(9,11)7-3-5-11/h1-8H2. The first-order valence-corrected chi connectivity index (χ1v) is 5.43. The van der Waals surface area contributed by atoms with Gasteiger partial charge in [0.05, 0.1) is 0 Å². The maximum atomic E-state index is 11.7. The van der Waals surface area contributed by atoms with E-state index in [1.54, 1.807) is 0 Å². The quantitative estimate of drug-likeness (QED) is 0.519. The van der Waals surface area contributed by atoms with Crippen LogP contribution in [0.5, 0.6) is 0 Å². The Bertz CT molecular complexity index is 290. The Morgan fingerprint density at radius 3 is 2.23 bits per heavy atom. The molecule has 0 aliphatic heterocycles. The van der Waals surface area contributed by atoms with Gasteiger partial charge in [-0.25, -0.2) is 0 Å². The first kappa shape index (κ1) is 7.78. The van der Waals surface area contributed by atoms with Gasteiger partial charge >= 0.3 is 0 Å². The molecule has 3 fully saturated rings. The maximum Gasteiger partial charge on any atom is 0.159 e. The molecule has 3 rings (SSSR count). The van der Waals surface area contributed by atoms with Crippen LogP contribution in [0.25, 0.3) is 0 Å². The van der Waals surface area contributed by atoms with Crippen LogP contribution in [0.1, 0.15) is 44.9 Å². The average Bonchev–Trinajstić information content (AvgIpc) is 2.61. The molecule has 0 saturated heterocycles. The molecule has 3 saturated carbocycles. The van der Waals surface area contributed by atoms with Crippen molar-refractivity contribution in [1.82, 2.24) is 0 Å². The second kappa shape index (κ2) is 2.08. The lowest BCUT2D eigenvalue weighted by Gasteiger charge is -2.33. The summed E-state index contributed by atoms with van der Waals surface area (Å²) in [4.78, 5) is 11.7. The van der Waals surface area contributed by atoms with E-state index in [-0.39, 0.29) is 5.41 Å². The number of carbonyl (C=O) groups is 1. The summed E-state index contributed by atoms with van der Waals surface area (Å²) in [7, 11) is 0. The van der Waals surface area contributed by atoms with Crippen molar-refractivity contribution < 1.29 is 4.79 Å². The molecule has 1 nitrogen and oxygen atoms in total. The molecule has 3 aliphatic rings. The molecule has 0 atom stereocenters. The highest BCUT2D eigenvalue weighted by Crippen LogP contribution is 2.71. The summed E-state index contributed by atoms with van der Waals surface area (Å²) in [5.74, 6) is 0.374. The first-order chi connectivity index (χ1) is 6.20. The van der Waals surface area contributed by atoms with E-state index in [2.05, 4.69) is 6.58 Å². The molecule has 0 aromatic carbocycles. The summed E-state index contributed by atoms with van der Waals surface area (Å²) in [6.07, 6.45) is 8.55. The summed E-state index contributed by atoms with van der Waals surface area (Å²) in [6.45, 7) is 4.06. The van der Waals surface area contributed by atoms with Crippen molar-refractivity contribution in [3.63, 3.8) is 0 Å². The second-order valence-electron chi connectivity index (χ2n) is 5.15. The Morgan fingerprint density at radius 1 is 1.08 bits per heavy atom. The summed E-state index contributed by atoms with van der Waals surface area (Å²) in [5, 5.41) is 0. The maximum absolute atomic E-state index is 11.7. The van der Waals surface area contributed by atoms with E-state index < -0.39 is 0 Å². The molecule has 0 bridgehead atoms. The highest BCUT2D eigenvalue weighted by atomic mass is 16.1. The van der Waals surface area contributed by atoms with Gasteiger partial charge in [-0.15, -0.1) is 0 Å². The van der Waals surface area contributed by atoms with Crippen LogP contribution in [0.3, 0.4) is 0 Å². The molecular formula is C12H16O. The lowest BCUT2D eigenvalue weighted by Crippen LogP contribution is -2.26. The lowest BCUT2D eigenvalue weighted by atomic mass is 9.69. The zero-order valence-electron chi connectivity index (χ0n) is 8.07. The monoisotopic (exact) mass is 176 g/mol. The highest BCUT2D eigenvalue weighted by Gasteiger charge is 2.64. The molecule has 0 aromatic heterocycles. The van der Waals surface area contributed by atoms with Gasteiger partial charge in [-0.2, -0.15) is 0 Å². The van der Waals surface area contributed by atoms with Crippen molar-refractivity contribution in [2.75, 3.05) is 0 Å². The minimum atomic E-state index is 0.282. The number of rotatable bonds is 0. The minimum absolute atomic E-state index is 0.282. The summed E-state index contributed by atoms with van der Waals surface area (Å²) in [5.41, 5.74) is 1.66. The van der Waals surface area contributed by atoms with Gasteiger partial charge in [0.15, 0.2) is 5.78 Å². The van der Waals surface area contributed by atoms with Crippen LogP contribution in [0.15, 0.2) is 12.2 Å². The van der Waals surface area contributed by atoms with Gasteiger partial charge in [0.2, 0.25) is 0 Å².